The van der Waals surface area contributed by atoms with Gasteiger partial charge in [-0.25, -0.2) is 0 Å². The average Bonchev–Trinajstić information content (AvgIpc) is 2.64. The Labute approximate surface area is 156 Å². The number of nitrogens with zero attached hydrogens (tertiary/aromatic N) is 1. The highest BCUT2D eigenvalue weighted by Crippen LogP contribution is 2.31. The van der Waals surface area contributed by atoms with Crippen molar-refractivity contribution in [3.8, 4) is 0 Å². The Balaban J connectivity index is 2.15. The van der Waals surface area contributed by atoms with Gasteiger partial charge < -0.3 is 10.4 Å². The van der Waals surface area contributed by atoms with E-state index in [1.165, 1.54) is 36.0 Å². The van der Waals surface area contributed by atoms with Gasteiger partial charge in [0.2, 0.25) is 0 Å². The standard InChI is InChI=1S/C17H15F3N2O4S/c1-27-12-5-6-14(22(25)26)13(8-12)16(24)21-9-15(23)10-3-2-4-11(7-10)17(18,19)20/h2-8,15,23H,9H2,1H3,(H,21,24). The molecule has 10 heteroatoms. The zero-order valence-corrected chi connectivity index (χ0v) is 14.8. The Bertz CT molecular complexity index is 858. The number of nitrogens with one attached hydrogen (secondary N) is 1. The number of carbonyl (C=O) groups excluding carboxylic acids is 1. The average molecular weight is 400 g/mol. The molecule has 0 bridgehead atoms. The summed E-state index contributed by atoms with van der Waals surface area (Å²) in [5, 5.41) is 23.5. The molecular weight excluding hydrogens is 385 g/mol. The third-order valence-corrected chi connectivity index (χ3v) is 4.43. The van der Waals surface area contributed by atoms with Crippen molar-refractivity contribution in [1.29, 1.82) is 0 Å². The largest absolute Gasteiger partial charge is 0.416 e. The van der Waals surface area contributed by atoms with Gasteiger partial charge in [0.05, 0.1) is 16.6 Å². The van der Waals surface area contributed by atoms with Gasteiger partial charge in [0.1, 0.15) is 5.56 Å². The Kier molecular flexibility index (Phi) is 6.45. The monoisotopic (exact) mass is 400 g/mol. The molecule has 27 heavy (non-hydrogen) atoms. The van der Waals surface area contributed by atoms with Crippen molar-refractivity contribution in [1.82, 2.24) is 5.32 Å². The van der Waals surface area contributed by atoms with E-state index in [1.54, 1.807) is 6.26 Å². The van der Waals surface area contributed by atoms with Gasteiger partial charge in [-0.15, -0.1) is 11.8 Å². The number of hydrogen-bond acceptors (Lipinski definition) is 5. The molecule has 1 amide bonds. The van der Waals surface area contributed by atoms with E-state index in [2.05, 4.69) is 5.32 Å². The maximum atomic E-state index is 12.7. The van der Waals surface area contributed by atoms with Crippen LogP contribution in [0.25, 0.3) is 0 Å². The van der Waals surface area contributed by atoms with Crippen LogP contribution in [0.5, 0.6) is 0 Å². The van der Waals surface area contributed by atoms with E-state index in [0.717, 1.165) is 18.2 Å². The second kappa shape index (κ2) is 8.40. The minimum atomic E-state index is -4.56. The lowest BCUT2D eigenvalue weighted by Gasteiger charge is -2.15. The van der Waals surface area contributed by atoms with Gasteiger partial charge in [0, 0.05) is 17.5 Å². The summed E-state index contributed by atoms with van der Waals surface area (Å²) in [5.74, 6) is -0.802. The van der Waals surface area contributed by atoms with E-state index in [4.69, 9.17) is 0 Å². The van der Waals surface area contributed by atoms with Crippen molar-refractivity contribution in [2.75, 3.05) is 12.8 Å². The van der Waals surface area contributed by atoms with Crippen LogP contribution in [0.3, 0.4) is 0 Å². The van der Waals surface area contributed by atoms with E-state index in [0.29, 0.717) is 4.90 Å². The summed E-state index contributed by atoms with van der Waals surface area (Å²) >= 11 is 1.29. The summed E-state index contributed by atoms with van der Waals surface area (Å²) in [4.78, 5) is 23.3. The Morgan fingerprint density at radius 1 is 1.30 bits per heavy atom. The lowest BCUT2D eigenvalue weighted by atomic mass is 10.1. The molecule has 0 fully saturated rings. The lowest BCUT2D eigenvalue weighted by molar-refractivity contribution is -0.385. The fourth-order valence-corrected chi connectivity index (χ4v) is 2.75. The van der Waals surface area contributed by atoms with Crippen molar-refractivity contribution in [2.24, 2.45) is 0 Å². The first kappa shape index (κ1) is 20.7. The van der Waals surface area contributed by atoms with Gasteiger partial charge in [-0.05, 0) is 36.1 Å². The second-order valence-corrected chi connectivity index (χ2v) is 6.37. The molecule has 0 saturated heterocycles. The highest BCUT2D eigenvalue weighted by atomic mass is 32.2. The highest BCUT2D eigenvalue weighted by molar-refractivity contribution is 7.98. The first-order valence-corrected chi connectivity index (χ1v) is 8.82. The van der Waals surface area contributed by atoms with Gasteiger partial charge in [-0.3, -0.25) is 14.9 Å². The minimum absolute atomic E-state index is 0.0301. The molecule has 0 radical (unpaired) electrons. The summed E-state index contributed by atoms with van der Waals surface area (Å²) in [6.07, 6.45) is -4.23. The van der Waals surface area contributed by atoms with E-state index < -0.39 is 40.9 Å². The number of halogens is 3. The highest BCUT2D eigenvalue weighted by Gasteiger charge is 2.31. The maximum Gasteiger partial charge on any atom is 0.416 e. The molecule has 2 aromatic carbocycles. The number of aliphatic hydroxyl groups excluding tert-OH is 1. The first-order chi connectivity index (χ1) is 12.6. The van der Waals surface area contributed by atoms with Crippen molar-refractivity contribution in [3.63, 3.8) is 0 Å². The van der Waals surface area contributed by atoms with Crippen LogP contribution >= 0.6 is 11.8 Å². The van der Waals surface area contributed by atoms with Crippen LogP contribution in [0.1, 0.15) is 27.6 Å². The number of benzene rings is 2. The molecule has 1 unspecified atom stereocenters. The summed E-state index contributed by atoms with van der Waals surface area (Å²) < 4.78 is 38.2. The van der Waals surface area contributed by atoms with Crippen LogP contribution in [0, 0.1) is 10.1 Å². The Morgan fingerprint density at radius 3 is 2.59 bits per heavy atom. The smallest absolute Gasteiger partial charge is 0.387 e. The molecular formula is C17H15F3N2O4S. The normalized spacial score (nSPS) is 12.5. The Morgan fingerprint density at radius 2 is 2.00 bits per heavy atom. The van der Waals surface area contributed by atoms with Crippen LogP contribution in [0.4, 0.5) is 18.9 Å². The topological polar surface area (TPSA) is 92.5 Å². The van der Waals surface area contributed by atoms with Gasteiger partial charge in [-0.1, -0.05) is 12.1 Å². The summed E-state index contributed by atoms with van der Waals surface area (Å²) in [6, 6.07) is 8.13. The molecule has 0 aliphatic carbocycles. The number of thioether (sulfide) groups is 1. The molecule has 144 valence electrons. The van der Waals surface area contributed by atoms with Crippen LogP contribution < -0.4 is 5.32 Å². The SMILES string of the molecule is CSc1ccc([N+](=O)[O-])c(C(=O)NCC(O)c2cccc(C(F)(F)F)c2)c1. The molecule has 0 aromatic heterocycles. The molecule has 2 N–H and O–H groups in total. The fourth-order valence-electron chi connectivity index (χ4n) is 2.31. The molecule has 0 saturated carbocycles. The Hall–Kier alpha value is -2.59. The van der Waals surface area contributed by atoms with Crippen LogP contribution in [0.15, 0.2) is 47.4 Å². The molecule has 0 heterocycles. The summed E-state index contributed by atoms with van der Waals surface area (Å²) in [6.45, 7) is -0.402. The van der Waals surface area contributed by atoms with E-state index in [-0.39, 0.29) is 11.1 Å². The van der Waals surface area contributed by atoms with Crippen LogP contribution in [-0.2, 0) is 6.18 Å². The van der Waals surface area contributed by atoms with E-state index in [1.807, 2.05) is 0 Å². The second-order valence-electron chi connectivity index (χ2n) is 5.49. The predicted octanol–water partition coefficient (Wildman–Crippen LogP) is 3.80. The quantitative estimate of drug-likeness (QED) is 0.437. The zero-order chi connectivity index (χ0) is 20.2. The maximum absolute atomic E-state index is 12.7. The number of rotatable bonds is 6. The number of carbonyl (C=O) groups is 1. The third-order valence-electron chi connectivity index (χ3n) is 3.70. The molecule has 6 nitrogen and oxygen atoms in total. The summed E-state index contributed by atoms with van der Waals surface area (Å²) in [7, 11) is 0. The molecule has 1 atom stereocenters. The predicted molar refractivity (Wildman–Crippen MR) is 93.6 cm³/mol. The number of nitro groups is 1. The molecule has 0 spiro atoms. The molecule has 2 rings (SSSR count). The molecule has 0 aliphatic heterocycles. The number of nitro benzene ring substituents is 1. The van der Waals surface area contributed by atoms with Gasteiger partial charge in [0.15, 0.2) is 0 Å². The van der Waals surface area contributed by atoms with Crippen molar-refractivity contribution in [3.05, 3.63) is 69.3 Å². The molecule has 0 aliphatic rings. The van der Waals surface area contributed by atoms with Gasteiger partial charge >= 0.3 is 6.18 Å². The third kappa shape index (κ3) is 5.20. The summed E-state index contributed by atoms with van der Waals surface area (Å²) in [5.41, 5.74) is -1.55. The van der Waals surface area contributed by atoms with E-state index >= 15 is 0 Å². The van der Waals surface area contributed by atoms with E-state index in [9.17, 15) is 33.2 Å². The van der Waals surface area contributed by atoms with Gasteiger partial charge in [-0.2, -0.15) is 13.2 Å². The fraction of sp³-hybridized carbons (Fsp3) is 0.235. The number of alkyl halides is 3. The zero-order valence-electron chi connectivity index (χ0n) is 14.0. The number of aliphatic hydroxyl groups is 1. The van der Waals surface area contributed by atoms with Crippen molar-refractivity contribution in [2.45, 2.75) is 17.2 Å². The lowest BCUT2D eigenvalue weighted by Crippen LogP contribution is -2.29. The minimum Gasteiger partial charge on any atom is -0.387 e. The van der Waals surface area contributed by atoms with Crippen LogP contribution in [0.2, 0.25) is 0 Å². The van der Waals surface area contributed by atoms with Crippen molar-refractivity contribution < 1.29 is 28.0 Å². The van der Waals surface area contributed by atoms with Crippen molar-refractivity contribution >= 4 is 23.4 Å². The number of hydrogen-bond donors (Lipinski definition) is 2. The van der Waals surface area contributed by atoms with Crippen LogP contribution in [-0.4, -0.2) is 28.7 Å². The van der Waals surface area contributed by atoms with Gasteiger partial charge in [0.25, 0.3) is 11.6 Å². The number of amides is 1. The first-order valence-electron chi connectivity index (χ1n) is 7.59. The molecule has 2 aromatic rings.